The number of nitrogens with one attached hydrogen (secondary N) is 1. The fraction of sp³-hybridized carbons (Fsp3) is 0. The Hall–Kier alpha value is -2.14. The number of hydrogen-bond donors (Lipinski definition) is 1. The maximum Gasteiger partial charge on any atom is 2.00 e. The van der Waals surface area contributed by atoms with Gasteiger partial charge in [-0.15, -0.1) is 0 Å². The van der Waals surface area contributed by atoms with E-state index in [9.17, 15) is 9.90 Å². The molecule has 0 saturated heterocycles. The van der Waals surface area contributed by atoms with Crippen molar-refractivity contribution in [2.75, 3.05) is 0 Å². The van der Waals surface area contributed by atoms with E-state index < -0.39 is 0 Å². The normalized spacial score (nSPS) is 9.40. The maximum absolute atomic E-state index is 11.6. The molecular weight excluding hydrogens is 308 g/mol. The van der Waals surface area contributed by atoms with Crippen LogP contribution in [-0.2, 0) is 17.1 Å². The van der Waals surface area contributed by atoms with Gasteiger partial charge in [0.15, 0.2) is 0 Å². The van der Waals surface area contributed by atoms with Crippen molar-refractivity contribution < 1.29 is 32.4 Å². The topological polar surface area (TPSA) is 96.0 Å². The molecule has 0 aliphatic carbocycles. The Labute approximate surface area is 127 Å². The molecule has 0 aliphatic rings. The largest absolute Gasteiger partial charge is 2.00 e. The standard InChI is InChI=1S/C14H12N2O2.Cu.H2O/c17-13-9-5-4-8-12(13)10-15-16-14(18)11-6-2-1-3-7-11;;/h1-10,17H,(H,16,18);;1H2/q;+2;/p-1/b15-10+;;. The summed E-state index contributed by atoms with van der Waals surface area (Å²) >= 11 is 0. The van der Waals surface area contributed by atoms with Gasteiger partial charge in [-0.05, 0) is 17.7 Å². The van der Waals surface area contributed by atoms with Gasteiger partial charge in [0, 0.05) is 5.56 Å². The van der Waals surface area contributed by atoms with E-state index in [1.54, 1.807) is 42.5 Å². The Bertz CT molecular complexity index is 574. The van der Waals surface area contributed by atoms with Gasteiger partial charge in [0.25, 0.3) is 5.91 Å². The molecule has 5 nitrogen and oxygen atoms in total. The van der Waals surface area contributed by atoms with Gasteiger partial charge in [-0.2, -0.15) is 5.10 Å². The quantitative estimate of drug-likeness (QED) is 0.511. The zero-order valence-corrected chi connectivity index (χ0v) is 11.3. The van der Waals surface area contributed by atoms with Gasteiger partial charge < -0.3 is 10.6 Å². The average Bonchev–Trinajstić information content (AvgIpc) is 2.42. The van der Waals surface area contributed by atoms with Crippen LogP contribution in [0.15, 0.2) is 59.7 Å². The number of amides is 1. The van der Waals surface area contributed by atoms with Crippen LogP contribution >= 0.6 is 0 Å². The molecule has 0 saturated carbocycles. The average molecular weight is 321 g/mol. The SMILES string of the molecule is O.O=C(N/N=C/c1ccccc1[O-])c1ccccc1.[Cu+2]. The first-order valence-electron chi connectivity index (χ1n) is 5.42. The van der Waals surface area contributed by atoms with Crippen molar-refractivity contribution in [2.45, 2.75) is 0 Å². The van der Waals surface area contributed by atoms with Crippen LogP contribution in [0.1, 0.15) is 15.9 Å². The van der Waals surface area contributed by atoms with E-state index in [0.717, 1.165) is 0 Å². The minimum absolute atomic E-state index is 0. The molecule has 0 aromatic heterocycles. The smallest absolute Gasteiger partial charge is 0.872 e. The monoisotopic (exact) mass is 320 g/mol. The van der Waals surface area contributed by atoms with Crippen molar-refractivity contribution in [1.82, 2.24) is 5.43 Å². The van der Waals surface area contributed by atoms with E-state index >= 15 is 0 Å². The number of rotatable bonds is 3. The summed E-state index contributed by atoms with van der Waals surface area (Å²) in [6, 6.07) is 15.2. The predicted molar refractivity (Wildman–Crippen MR) is 71.0 cm³/mol. The zero-order valence-electron chi connectivity index (χ0n) is 10.3. The third-order valence-corrected chi connectivity index (χ3v) is 2.32. The van der Waals surface area contributed by atoms with Gasteiger partial charge in [0.1, 0.15) is 0 Å². The molecule has 1 radical (unpaired) electrons. The van der Waals surface area contributed by atoms with E-state index in [2.05, 4.69) is 10.5 Å². The van der Waals surface area contributed by atoms with Crippen molar-refractivity contribution in [2.24, 2.45) is 5.10 Å². The summed E-state index contributed by atoms with van der Waals surface area (Å²) in [5, 5.41) is 15.1. The van der Waals surface area contributed by atoms with Crippen LogP contribution in [0.2, 0.25) is 0 Å². The summed E-state index contributed by atoms with van der Waals surface area (Å²) in [6.45, 7) is 0. The van der Waals surface area contributed by atoms with Gasteiger partial charge in [-0.25, -0.2) is 5.43 Å². The molecule has 2 aromatic carbocycles. The third kappa shape index (κ3) is 4.85. The molecule has 0 bridgehead atoms. The van der Waals surface area contributed by atoms with Crippen LogP contribution in [0.5, 0.6) is 5.75 Å². The van der Waals surface area contributed by atoms with E-state index in [1.165, 1.54) is 12.3 Å². The Morgan fingerprint density at radius 2 is 1.65 bits per heavy atom. The molecule has 3 N–H and O–H groups in total. The number of para-hydroxylation sites is 1. The molecule has 2 rings (SSSR count). The second-order valence-corrected chi connectivity index (χ2v) is 3.60. The zero-order chi connectivity index (χ0) is 12.8. The van der Waals surface area contributed by atoms with E-state index in [-0.39, 0.29) is 34.2 Å². The molecule has 107 valence electrons. The minimum atomic E-state index is -0.310. The summed E-state index contributed by atoms with van der Waals surface area (Å²) in [4.78, 5) is 11.6. The summed E-state index contributed by atoms with van der Waals surface area (Å²) < 4.78 is 0. The molecule has 0 unspecified atom stereocenters. The number of benzene rings is 2. The fourth-order valence-electron chi connectivity index (χ4n) is 1.40. The number of nitrogens with zero attached hydrogens (tertiary/aromatic N) is 1. The van der Waals surface area contributed by atoms with Crippen molar-refractivity contribution in [3.8, 4) is 5.75 Å². The first-order valence-corrected chi connectivity index (χ1v) is 5.42. The molecule has 2 aromatic rings. The summed E-state index contributed by atoms with van der Waals surface area (Å²) in [5.74, 6) is -0.439. The predicted octanol–water partition coefficient (Wildman–Crippen LogP) is 0.697. The van der Waals surface area contributed by atoms with Gasteiger partial charge in [0.05, 0.1) is 6.21 Å². The summed E-state index contributed by atoms with van der Waals surface area (Å²) in [6.07, 6.45) is 1.34. The Morgan fingerprint density at radius 3 is 2.30 bits per heavy atom. The third-order valence-electron chi connectivity index (χ3n) is 2.32. The summed E-state index contributed by atoms with van der Waals surface area (Å²) in [5.41, 5.74) is 3.32. The summed E-state index contributed by atoms with van der Waals surface area (Å²) in [7, 11) is 0. The molecule has 6 heteroatoms. The van der Waals surface area contributed by atoms with Crippen LogP contribution in [-0.4, -0.2) is 17.6 Å². The molecule has 20 heavy (non-hydrogen) atoms. The molecular formula is C14H13CuN2O3+. The van der Waals surface area contributed by atoms with Gasteiger partial charge in [0.2, 0.25) is 0 Å². The van der Waals surface area contributed by atoms with Crippen molar-refractivity contribution in [3.63, 3.8) is 0 Å². The van der Waals surface area contributed by atoms with Crippen LogP contribution < -0.4 is 10.5 Å². The van der Waals surface area contributed by atoms with Crippen LogP contribution in [0.25, 0.3) is 0 Å². The molecule has 0 heterocycles. The molecule has 1 amide bonds. The molecule has 0 atom stereocenters. The van der Waals surface area contributed by atoms with Gasteiger partial charge in [-0.1, -0.05) is 48.2 Å². The Balaban J connectivity index is 0.00000180. The van der Waals surface area contributed by atoms with Crippen molar-refractivity contribution in [3.05, 3.63) is 65.7 Å². The van der Waals surface area contributed by atoms with Gasteiger partial charge in [-0.3, -0.25) is 4.79 Å². The second-order valence-electron chi connectivity index (χ2n) is 3.60. The van der Waals surface area contributed by atoms with E-state index in [1.807, 2.05) is 6.07 Å². The first-order chi connectivity index (χ1) is 8.77. The van der Waals surface area contributed by atoms with E-state index in [0.29, 0.717) is 11.1 Å². The van der Waals surface area contributed by atoms with Crippen LogP contribution in [0.4, 0.5) is 0 Å². The molecule has 0 spiro atoms. The second kappa shape index (κ2) is 8.87. The number of carbonyl (C=O) groups is 1. The van der Waals surface area contributed by atoms with Crippen molar-refractivity contribution >= 4 is 12.1 Å². The molecule has 0 fully saturated rings. The number of hydrogen-bond acceptors (Lipinski definition) is 3. The van der Waals surface area contributed by atoms with Crippen molar-refractivity contribution in [1.29, 1.82) is 0 Å². The molecule has 0 aliphatic heterocycles. The Morgan fingerprint density at radius 1 is 1.05 bits per heavy atom. The minimum Gasteiger partial charge on any atom is -0.872 e. The van der Waals surface area contributed by atoms with Crippen LogP contribution in [0, 0.1) is 0 Å². The Kier molecular flexibility index (Phi) is 7.92. The maximum atomic E-state index is 11.6. The first kappa shape index (κ1) is 17.9. The number of hydrazone groups is 1. The fourth-order valence-corrected chi connectivity index (χ4v) is 1.40. The van der Waals surface area contributed by atoms with Crippen LogP contribution in [0.3, 0.4) is 0 Å². The van der Waals surface area contributed by atoms with Gasteiger partial charge >= 0.3 is 17.1 Å². The van der Waals surface area contributed by atoms with E-state index in [4.69, 9.17) is 0 Å². The number of carbonyl (C=O) groups excluding carboxylic acids is 1.